The summed E-state index contributed by atoms with van der Waals surface area (Å²) in [4.78, 5) is 26.7. The van der Waals surface area contributed by atoms with Crippen LogP contribution in [-0.4, -0.2) is 11.9 Å². The fourth-order valence-corrected chi connectivity index (χ4v) is 2.49. The van der Waals surface area contributed by atoms with Gasteiger partial charge in [-0.25, -0.2) is 4.79 Å². The lowest BCUT2D eigenvalue weighted by molar-refractivity contribution is -0.156. The van der Waals surface area contributed by atoms with Crippen LogP contribution in [0, 0.1) is 0 Å². The molecule has 0 unspecified atom stereocenters. The fourth-order valence-electron chi connectivity index (χ4n) is 2.49. The van der Waals surface area contributed by atoms with Gasteiger partial charge in [-0.15, -0.1) is 0 Å². The highest BCUT2D eigenvalue weighted by atomic mass is 16.7. The van der Waals surface area contributed by atoms with Crippen LogP contribution in [0.5, 0.6) is 0 Å². The van der Waals surface area contributed by atoms with E-state index in [0.29, 0.717) is 6.42 Å². The molecule has 4 heteroatoms. The van der Waals surface area contributed by atoms with Gasteiger partial charge in [-0.2, -0.15) is 5.48 Å². The Bertz CT molecular complexity index is 316. The van der Waals surface area contributed by atoms with Crippen molar-refractivity contribution in [2.24, 2.45) is 0 Å². The molecule has 0 saturated heterocycles. The topological polar surface area (TPSA) is 55.4 Å². The number of hydrogen-bond acceptors (Lipinski definition) is 3. The molecular weight excluding hydrogens is 290 g/mol. The highest BCUT2D eigenvalue weighted by Crippen LogP contribution is 2.12. The number of amides is 1. The van der Waals surface area contributed by atoms with Crippen LogP contribution in [0.1, 0.15) is 96.8 Å². The predicted octanol–water partition coefficient (Wildman–Crippen LogP) is 5.23. The summed E-state index contributed by atoms with van der Waals surface area (Å²) in [7, 11) is 0. The molecule has 0 radical (unpaired) electrons. The second-order valence-electron chi connectivity index (χ2n) is 6.14. The van der Waals surface area contributed by atoms with Crippen molar-refractivity contribution in [3.8, 4) is 0 Å². The lowest BCUT2D eigenvalue weighted by atomic mass is 10.0. The predicted molar refractivity (Wildman–Crippen MR) is 94.7 cm³/mol. The van der Waals surface area contributed by atoms with Gasteiger partial charge in [0.2, 0.25) is 0 Å². The first kappa shape index (κ1) is 21.7. The van der Waals surface area contributed by atoms with Crippen molar-refractivity contribution < 1.29 is 14.4 Å². The van der Waals surface area contributed by atoms with Crippen LogP contribution in [-0.2, 0) is 14.4 Å². The van der Waals surface area contributed by atoms with Crippen molar-refractivity contribution in [1.82, 2.24) is 5.48 Å². The van der Waals surface area contributed by atoms with E-state index < -0.39 is 5.91 Å². The Morgan fingerprint density at radius 2 is 1.26 bits per heavy atom. The van der Waals surface area contributed by atoms with Gasteiger partial charge in [0.05, 0.1) is 0 Å². The molecular formula is C19H35NO3. The van der Waals surface area contributed by atoms with Gasteiger partial charge < -0.3 is 4.84 Å². The van der Waals surface area contributed by atoms with Gasteiger partial charge >= 0.3 is 5.97 Å². The van der Waals surface area contributed by atoms with Gasteiger partial charge in [0.25, 0.3) is 5.91 Å². The van der Waals surface area contributed by atoms with Gasteiger partial charge in [-0.3, -0.25) is 4.79 Å². The second-order valence-corrected chi connectivity index (χ2v) is 6.14. The number of hydroxylamine groups is 1. The van der Waals surface area contributed by atoms with Crippen molar-refractivity contribution in [3.63, 3.8) is 0 Å². The summed E-state index contributed by atoms with van der Waals surface area (Å²) >= 11 is 0. The first-order chi connectivity index (χ1) is 11.2. The van der Waals surface area contributed by atoms with Gasteiger partial charge in [0.15, 0.2) is 0 Å². The van der Waals surface area contributed by atoms with Crippen LogP contribution in [0.2, 0.25) is 0 Å². The van der Waals surface area contributed by atoms with Crippen molar-refractivity contribution in [2.75, 3.05) is 0 Å². The molecule has 0 fully saturated rings. The van der Waals surface area contributed by atoms with Crippen LogP contribution >= 0.6 is 0 Å². The molecule has 0 aromatic rings. The molecule has 0 heterocycles. The minimum atomic E-state index is -0.497. The Labute approximate surface area is 142 Å². The number of carbonyl (C=O) groups excluding carboxylic acids is 2. The Morgan fingerprint density at radius 1 is 0.826 bits per heavy atom. The van der Waals surface area contributed by atoms with E-state index in [4.69, 9.17) is 0 Å². The van der Waals surface area contributed by atoms with Crippen LogP contribution in [0.15, 0.2) is 12.7 Å². The average Bonchev–Trinajstić information content (AvgIpc) is 2.56. The van der Waals surface area contributed by atoms with Crippen LogP contribution < -0.4 is 5.48 Å². The highest BCUT2D eigenvalue weighted by molar-refractivity contribution is 5.87. The molecule has 23 heavy (non-hydrogen) atoms. The van der Waals surface area contributed by atoms with Crippen LogP contribution in [0.4, 0.5) is 0 Å². The Morgan fingerprint density at radius 3 is 1.70 bits per heavy atom. The zero-order valence-corrected chi connectivity index (χ0v) is 14.9. The second kappa shape index (κ2) is 17.0. The molecule has 4 nitrogen and oxygen atoms in total. The Kier molecular flexibility index (Phi) is 16.1. The summed E-state index contributed by atoms with van der Waals surface area (Å²) in [6, 6.07) is 0. The van der Waals surface area contributed by atoms with Gasteiger partial charge in [0.1, 0.15) is 0 Å². The maximum absolute atomic E-state index is 11.3. The van der Waals surface area contributed by atoms with E-state index in [9.17, 15) is 9.59 Å². The molecule has 0 aromatic heterocycles. The summed E-state index contributed by atoms with van der Waals surface area (Å²) < 4.78 is 0. The Balaban J connectivity index is 3.17. The average molecular weight is 325 g/mol. The molecule has 1 amide bonds. The molecule has 0 spiro atoms. The summed E-state index contributed by atoms with van der Waals surface area (Å²) in [5.74, 6) is -0.882. The summed E-state index contributed by atoms with van der Waals surface area (Å²) in [5.41, 5.74) is 2.02. The van der Waals surface area contributed by atoms with Crippen molar-refractivity contribution in [1.29, 1.82) is 0 Å². The molecule has 1 N–H and O–H groups in total. The van der Waals surface area contributed by atoms with E-state index in [0.717, 1.165) is 18.9 Å². The maximum atomic E-state index is 11.3. The molecule has 134 valence electrons. The molecule has 0 aliphatic rings. The number of hydrogen-bond donors (Lipinski definition) is 1. The smallest absolute Gasteiger partial charge is 0.332 e. The SMILES string of the molecule is C=CC(=O)NOC(=O)CCCCCCCCCCCCCCC. The molecule has 0 aromatic carbocycles. The van der Waals surface area contributed by atoms with E-state index in [1.807, 2.05) is 5.48 Å². The van der Waals surface area contributed by atoms with Crippen LogP contribution in [0.25, 0.3) is 0 Å². The number of carbonyl (C=O) groups is 2. The molecule has 0 aliphatic carbocycles. The normalized spacial score (nSPS) is 10.3. The summed E-state index contributed by atoms with van der Waals surface area (Å²) in [6.07, 6.45) is 18.0. The summed E-state index contributed by atoms with van der Waals surface area (Å²) in [6.45, 7) is 5.53. The van der Waals surface area contributed by atoms with Crippen molar-refractivity contribution in [2.45, 2.75) is 96.8 Å². The molecule has 0 rings (SSSR count). The zero-order valence-electron chi connectivity index (χ0n) is 14.9. The third-order valence-corrected chi connectivity index (χ3v) is 3.94. The number of nitrogens with one attached hydrogen (secondary N) is 1. The maximum Gasteiger partial charge on any atom is 0.332 e. The van der Waals surface area contributed by atoms with E-state index in [2.05, 4.69) is 18.3 Å². The monoisotopic (exact) mass is 325 g/mol. The lowest BCUT2D eigenvalue weighted by Gasteiger charge is -2.04. The van der Waals surface area contributed by atoms with E-state index in [-0.39, 0.29) is 5.97 Å². The van der Waals surface area contributed by atoms with E-state index in [1.54, 1.807) is 0 Å². The Hall–Kier alpha value is -1.32. The largest absolute Gasteiger partial charge is 0.341 e. The summed E-state index contributed by atoms with van der Waals surface area (Å²) in [5, 5.41) is 0. The third-order valence-electron chi connectivity index (χ3n) is 3.94. The molecule has 0 bridgehead atoms. The third kappa shape index (κ3) is 16.9. The molecule has 0 aliphatic heterocycles. The first-order valence-electron chi connectivity index (χ1n) is 9.32. The fraction of sp³-hybridized carbons (Fsp3) is 0.789. The zero-order chi connectivity index (χ0) is 17.2. The highest BCUT2D eigenvalue weighted by Gasteiger charge is 2.04. The van der Waals surface area contributed by atoms with Crippen molar-refractivity contribution >= 4 is 11.9 Å². The standard InChI is InChI=1S/C19H35NO3/c1-3-5-6-7-8-9-10-11-12-13-14-15-16-17-19(22)23-20-18(21)4-2/h4H,2-3,5-17H2,1H3,(H,20,21). The molecule has 0 atom stereocenters. The van der Waals surface area contributed by atoms with Gasteiger partial charge in [-0.05, 0) is 12.5 Å². The minimum absolute atomic E-state index is 0.356. The van der Waals surface area contributed by atoms with Crippen LogP contribution in [0.3, 0.4) is 0 Å². The number of unbranched alkanes of at least 4 members (excludes halogenated alkanes) is 12. The van der Waals surface area contributed by atoms with Crippen molar-refractivity contribution in [3.05, 3.63) is 12.7 Å². The van der Waals surface area contributed by atoms with E-state index in [1.165, 1.54) is 70.6 Å². The minimum Gasteiger partial charge on any atom is -0.341 e. The number of rotatable bonds is 15. The van der Waals surface area contributed by atoms with Gasteiger partial charge in [-0.1, -0.05) is 90.6 Å². The van der Waals surface area contributed by atoms with Gasteiger partial charge in [0, 0.05) is 6.42 Å². The van der Waals surface area contributed by atoms with E-state index >= 15 is 0 Å². The lowest BCUT2D eigenvalue weighted by Crippen LogP contribution is -2.24. The quantitative estimate of drug-likeness (QED) is 0.255. The first-order valence-corrected chi connectivity index (χ1v) is 9.32. The molecule has 0 saturated carbocycles.